The maximum absolute atomic E-state index is 15.1. The van der Waals surface area contributed by atoms with Crippen LogP contribution in [0.4, 0.5) is 0 Å². The van der Waals surface area contributed by atoms with E-state index in [0.717, 1.165) is 59.5 Å². The molecule has 0 fully saturated rings. The molecule has 0 saturated carbocycles. The molecule has 7 rings (SSSR count). The Hall–Kier alpha value is -4.52. The van der Waals surface area contributed by atoms with Crippen LogP contribution < -0.4 is 15.9 Å². The molecule has 7 aromatic rings. The number of benzene rings is 6. The Kier molecular flexibility index (Phi) is 5.43. The monoisotopic (exact) mass is 505 g/mol. The van der Waals surface area contributed by atoms with Crippen LogP contribution in [-0.2, 0) is 4.57 Å². The van der Waals surface area contributed by atoms with Crippen molar-refractivity contribution in [3.63, 3.8) is 0 Å². The number of pyridine rings is 1. The van der Waals surface area contributed by atoms with Crippen molar-refractivity contribution in [2.75, 3.05) is 0 Å². The van der Waals surface area contributed by atoms with E-state index in [2.05, 4.69) is 72.8 Å². The Labute approximate surface area is 221 Å². The summed E-state index contributed by atoms with van der Waals surface area (Å²) in [4.78, 5) is 4.71. The van der Waals surface area contributed by atoms with Crippen molar-refractivity contribution >= 4 is 55.5 Å². The smallest absolute Gasteiger partial charge is 0.171 e. The van der Waals surface area contributed by atoms with E-state index in [9.17, 15) is 0 Å². The lowest BCUT2D eigenvalue weighted by molar-refractivity contribution is 0.592. The van der Waals surface area contributed by atoms with Crippen LogP contribution in [0.2, 0.25) is 0 Å². The van der Waals surface area contributed by atoms with Crippen LogP contribution in [-0.4, -0.2) is 4.98 Å². The van der Waals surface area contributed by atoms with E-state index in [1.54, 1.807) is 0 Å². The Balaban J connectivity index is 1.41. The second kappa shape index (κ2) is 9.10. The Morgan fingerprint density at radius 1 is 0.474 bits per heavy atom. The highest BCUT2D eigenvalue weighted by molar-refractivity contribution is 7.85. The van der Waals surface area contributed by atoms with Gasteiger partial charge in [-0.2, -0.15) is 0 Å². The normalized spacial score (nSPS) is 13.1. The fraction of sp³-hybridized carbons (Fsp3) is 0. The lowest BCUT2D eigenvalue weighted by atomic mass is 9.96. The van der Waals surface area contributed by atoms with Crippen LogP contribution in [0.25, 0.3) is 43.6 Å². The standard InChI is InChI=1S/C35H24NOP/c37-38(29-12-2-1-3-13-29,31-21-16-25-9-4-5-10-27(25)23-31)30-19-17-26(18-20-30)34-24-28-11-6-7-14-32(28)35-33(34)15-8-22-36-35/h1-24H. The second-order valence-electron chi connectivity index (χ2n) is 9.57. The van der Waals surface area contributed by atoms with Crippen molar-refractivity contribution in [2.24, 2.45) is 0 Å². The number of nitrogens with zero attached hydrogens (tertiary/aromatic N) is 1. The van der Waals surface area contributed by atoms with Gasteiger partial charge < -0.3 is 4.57 Å². The molecule has 6 aromatic carbocycles. The number of fused-ring (bicyclic) bond motifs is 4. The van der Waals surface area contributed by atoms with E-state index in [0.29, 0.717) is 0 Å². The molecule has 0 bridgehead atoms. The average Bonchev–Trinajstić information content (AvgIpc) is 3.00. The van der Waals surface area contributed by atoms with Crippen molar-refractivity contribution < 1.29 is 4.57 Å². The topological polar surface area (TPSA) is 30.0 Å². The Morgan fingerprint density at radius 3 is 1.92 bits per heavy atom. The van der Waals surface area contributed by atoms with E-state index < -0.39 is 7.14 Å². The summed E-state index contributed by atoms with van der Waals surface area (Å²) in [6, 6.07) is 47.2. The van der Waals surface area contributed by atoms with E-state index in [1.165, 1.54) is 0 Å². The van der Waals surface area contributed by atoms with Gasteiger partial charge in [0.2, 0.25) is 0 Å². The number of rotatable bonds is 4. The highest BCUT2D eigenvalue weighted by atomic mass is 31.2. The molecule has 2 nitrogen and oxygen atoms in total. The summed E-state index contributed by atoms with van der Waals surface area (Å²) in [5, 5.41) is 8.15. The zero-order valence-corrected chi connectivity index (χ0v) is 21.6. The molecule has 0 saturated heterocycles. The summed E-state index contributed by atoms with van der Waals surface area (Å²) in [6.07, 6.45) is 1.85. The molecule has 0 aliphatic heterocycles. The summed E-state index contributed by atoms with van der Waals surface area (Å²) < 4.78 is 15.1. The molecule has 0 spiro atoms. The molecular formula is C35H24NOP. The van der Waals surface area contributed by atoms with Crippen molar-refractivity contribution in [2.45, 2.75) is 0 Å². The largest absolute Gasteiger partial charge is 0.309 e. The molecule has 0 N–H and O–H groups in total. The predicted molar refractivity (Wildman–Crippen MR) is 162 cm³/mol. The van der Waals surface area contributed by atoms with Gasteiger partial charge in [0.1, 0.15) is 0 Å². The lowest BCUT2D eigenvalue weighted by Gasteiger charge is -2.21. The first-order chi connectivity index (χ1) is 18.7. The van der Waals surface area contributed by atoms with Gasteiger partial charge >= 0.3 is 0 Å². The number of aromatic nitrogens is 1. The summed E-state index contributed by atoms with van der Waals surface area (Å²) in [5.41, 5.74) is 3.20. The van der Waals surface area contributed by atoms with E-state index in [1.807, 2.05) is 72.9 Å². The van der Waals surface area contributed by atoms with Crippen molar-refractivity contribution in [1.82, 2.24) is 4.98 Å². The summed E-state index contributed by atoms with van der Waals surface area (Å²) >= 11 is 0. The zero-order chi connectivity index (χ0) is 25.5. The van der Waals surface area contributed by atoms with Crippen LogP contribution in [0, 0.1) is 0 Å². The van der Waals surface area contributed by atoms with E-state index in [4.69, 9.17) is 4.98 Å². The van der Waals surface area contributed by atoms with Crippen LogP contribution in [0.3, 0.4) is 0 Å². The van der Waals surface area contributed by atoms with Crippen molar-refractivity contribution in [3.8, 4) is 11.1 Å². The molecule has 0 aliphatic carbocycles. The quantitative estimate of drug-likeness (QED) is 0.180. The van der Waals surface area contributed by atoms with Gasteiger partial charge in [0.05, 0.1) is 5.52 Å². The first kappa shape index (κ1) is 22.7. The van der Waals surface area contributed by atoms with Gasteiger partial charge in [-0.3, -0.25) is 4.98 Å². The highest BCUT2D eigenvalue weighted by Crippen LogP contribution is 2.43. The van der Waals surface area contributed by atoms with Crippen LogP contribution in [0.5, 0.6) is 0 Å². The maximum atomic E-state index is 15.1. The fourth-order valence-corrected chi connectivity index (χ4v) is 8.12. The van der Waals surface area contributed by atoms with Crippen molar-refractivity contribution in [1.29, 1.82) is 0 Å². The fourth-order valence-electron chi connectivity index (χ4n) is 5.46. The van der Waals surface area contributed by atoms with Gasteiger partial charge in [-0.1, -0.05) is 121 Å². The molecule has 0 radical (unpaired) electrons. The third-order valence-electron chi connectivity index (χ3n) is 7.37. The molecule has 1 unspecified atom stereocenters. The van der Waals surface area contributed by atoms with Crippen LogP contribution >= 0.6 is 7.14 Å². The molecular weight excluding hydrogens is 481 g/mol. The van der Waals surface area contributed by atoms with Gasteiger partial charge in [0.15, 0.2) is 7.14 Å². The highest BCUT2D eigenvalue weighted by Gasteiger charge is 2.30. The van der Waals surface area contributed by atoms with E-state index in [-0.39, 0.29) is 0 Å². The molecule has 1 atom stereocenters. The lowest BCUT2D eigenvalue weighted by Crippen LogP contribution is -2.25. The molecule has 0 aliphatic rings. The average molecular weight is 506 g/mol. The van der Waals surface area contributed by atoms with Gasteiger partial charge in [0, 0.05) is 32.9 Å². The Morgan fingerprint density at radius 2 is 1.11 bits per heavy atom. The minimum absolute atomic E-state index is 0.825. The third kappa shape index (κ3) is 3.65. The zero-order valence-electron chi connectivity index (χ0n) is 20.7. The van der Waals surface area contributed by atoms with Gasteiger partial charge in [0.25, 0.3) is 0 Å². The minimum Gasteiger partial charge on any atom is -0.309 e. The molecule has 0 amide bonds. The molecule has 3 heteroatoms. The summed E-state index contributed by atoms with van der Waals surface area (Å²) in [7, 11) is -3.09. The second-order valence-corrected chi connectivity index (χ2v) is 12.3. The van der Waals surface area contributed by atoms with Crippen LogP contribution in [0.1, 0.15) is 0 Å². The minimum atomic E-state index is -3.09. The summed E-state index contributed by atoms with van der Waals surface area (Å²) in [5.74, 6) is 0. The molecule has 1 aromatic heterocycles. The van der Waals surface area contributed by atoms with Gasteiger partial charge in [-0.25, -0.2) is 0 Å². The van der Waals surface area contributed by atoms with Gasteiger partial charge in [-0.15, -0.1) is 0 Å². The van der Waals surface area contributed by atoms with E-state index >= 15 is 4.57 Å². The van der Waals surface area contributed by atoms with Gasteiger partial charge in [-0.05, 0) is 45.5 Å². The molecule has 180 valence electrons. The van der Waals surface area contributed by atoms with Crippen molar-refractivity contribution in [3.05, 3.63) is 146 Å². The third-order valence-corrected chi connectivity index (χ3v) is 10.4. The number of hydrogen-bond acceptors (Lipinski definition) is 2. The molecule has 38 heavy (non-hydrogen) atoms. The SMILES string of the molecule is O=P(c1ccccc1)(c1ccc(-c2cc3ccccc3c3ncccc23)cc1)c1ccc2ccccc2c1. The number of hydrogen-bond donors (Lipinski definition) is 0. The first-order valence-electron chi connectivity index (χ1n) is 12.7. The Bertz CT molecular complexity index is 2000. The van der Waals surface area contributed by atoms with Crippen LogP contribution in [0.15, 0.2) is 146 Å². The maximum Gasteiger partial charge on any atom is 0.171 e. The predicted octanol–water partition coefficient (Wildman–Crippen LogP) is 7.85. The summed E-state index contributed by atoms with van der Waals surface area (Å²) in [6.45, 7) is 0. The first-order valence-corrected chi connectivity index (χ1v) is 14.4. The molecule has 1 heterocycles.